The van der Waals surface area contributed by atoms with Crippen molar-refractivity contribution < 1.29 is 21.7 Å². The molecule has 1 atom stereocenters. The van der Waals surface area contributed by atoms with Crippen LogP contribution in [-0.4, -0.2) is 35.9 Å². The molecule has 0 aromatic heterocycles. The highest BCUT2D eigenvalue weighted by Gasteiger charge is 2.44. The minimum absolute atomic E-state index is 0.369. The van der Waals surface area contributed by atoms with Gasteiger partial charge in [-0.15, -0.1) is 0 Å². The zero-order valence-electron chi connectivity index (χ0n) is 13.8. The van der Waals surface area contributed by atoms with E-state index < -0.39 is 24.3 Å². The van der Waals surface area contributed by atoms with E-state index >= 15 is 0 Å². The highest BCUT2D eigenvalue weighted by atomic mass is 32.2. The lowest BCUT2D eigenvalue weighted by Gasteiger charge is -2.31. The minimum atomic E-state index is -4.05. The molecule has 0 fully saturated rings. The van der Waals surface area contributed by atoms with E-state index in [0.29, 0.717) is 19.3 Å². The lowest BCUT2D eigenvalue weighted by molar-refractivity contribution is 0.0595. The largest absolute Gasteiger partial charge is 0.501 e. The smallest absolute Gasteiger partial charge is 0.374 e. The molecule has 0 heterocycles. The number of hydrogen-bond donors (Lipinski definition) is 0. The van der Waals surface area contributed by atoms with Gasteiger partial charge in [0.1, 0.15) is 0 Å². The summed E-state index contributed by atoms with van der Waals surface area (Å²) in [6.07, 6.45) is 4.04. The summed E-state index contributed by atoms with van der Waals surface area (Å²) in [6, 6.07) is 0.546. The maximum absolute atomic E-state index is 11.8. The molecule has 8 nitrogen and oxygen atoms in total. The van der Waals surface area contributed by atoms with Gasteiger partial charge >= 0.3 is 8.80 Å². The van der Waals surface area contributed by atoms with Gasteiger partial charge in [-0.1, -0.05) is 26.2 Å². The number of nitrogens with zero attached hydrogens (tertiary/aromatic N) is 3. The van der Waals surface area contributed by atoms with Crippen LogP contribution in [0.3, 0.4) is 0 Å². The van der Waals surface area contributed by atoms with Crippen molar-refractivity contribution >= 4 is 18.8 Å². The number of unbranched alkanes of at least 4 members (excludes halogenated alkanes) is 3. The van der Waals surface area contributed by atoms with E-state index in [0.717, 1.165) is 25.7 Å². The Kier molecular flexibility index (Phi) is 10.7. The molecule has 0 aliphatic heterocycles. The number of sulfonamides is 1. The molecule has 0 bridgehead atoms. The Hall–Kier alpha value is -0.643. The second-order valence-corrected chi connectivity index (χ2v) is 9.27. The first-order valence-electron chi connectivity index (χ1n) is 7.63. The lowest BCUT2D eigenvalue weighted by Crippen LogP contribution is -2.49. The van der Waals surface area contributed by atoms with Crippen LogP contribution in [0, 0.1) is 0 Å². The lowest BCUT2D eigenvalue weighted by atomic mass is 10.2. The third-order valence-electron chi connectivity index (χ3n) is 2.98. The van der Waals surface area contributed by atoms with Gasteiger partial charge < -0.3 is 13.3 Å². The fourth-order valence-corrected chi connectivity index (χ4v) is 5.81. The van der Waals surface area contributed by atoms with Gasteiger partial charge in [-0.3, -0.25) is 0 Å². The van der Waals surface area contributed by atoms with Crippen molar-refractivity contribution in [2.24, 2.45) is 4.52 Å². The van der Waals surface area contributed by atoms with Crippen molar-refractivity contribution in [3.05, 3.63) is 10.4 Å². The van der Waals surface area contributed by atoms with E-state index in [-0.39, 0.29) is 0 Å². The number of azide groups is 1. The maximum Gasteiger partial charge on any atom is 0.501 e. The van der Waals surface area contributed by atoms with E-state index in [1.165, 1.54) is 6.92 Å². The molecule has 10 heteroatoms. The minimum Gasteiger partial charge on any atom is -0.374 e. The Balaban J connectivity index is 5.07. The summed E-state index contributed by atoms with van der Waals surface area (Å²) in [5.74, 6) is 0. The van der Waals surface area contributed by atoms with Crippen molar-refractivity contribution in [1.29, 1.82) is 0 Å². The Labute approximate surface area is 134 Å². The number of rotatable bonds is 13. The second kappa shape index (κ2) is 11.0. The summed E-state index contributed by atoms with van der Waals surface area (Å²) in [5.41, 5.74) is 7.04. The van der Waals surface area contributed by atoms with Crippen molar-refractivity contribution in [2.75, 3.05) is 13.2 Å². The van der Waals surface area contributed by atoms with Gasteiger partial charge in [0.15, 0.2) is 5.44 Å². The van der Waals surface area contributed by atoms with Crippen LogP contribution in [0.4, 0.5) is 0 Å². The van der Waals surface area contributed by atoms with E-state index in [4.69, 9.17) is 18.8 Å². The van der Waals surface area contributed by atoms with Crippen LogP contribution in [0.25, 0.3) is 10.4 Å². The highest BCUT2D eigenvalue weighted by molar-refractivity contribution is 7.90. The van der Waals surface area contributed by atoms with Gasteiger partial charge in [0.25, 0.3) is 10.0 Å². The van der Waals surface area contributed by atoms with Crippen LogP contribution in [0.2, 0.25) is 6.04 Å². The van der Waals surface area contributed by atoms with Gasteiger partial charge in [-0.05, 0) is 32.7 Å². The molecular formula is C12H27N3O5SSi. The summed E-state index contributed by atoms with van der Waals surface area (Å²) in [6.45, 7) is 7.80. The van der Waals surface area contributed by atoms with Gasteiger partial charge in [0.2, 0.25) is 0 Å². The summed E-state index contributed by atoms with van der Waals surface area (Å²) in [5, 5.41) is 0. The topological polar surface area (TPSA) is 111 Å². The van der Waals surface area contributed by atoms with Crippen LogP contribution in [0.15, 0.2) is 4.52 Å². The normalized spacial score (nSPS) is 13.6. The predicted molar refractivity (Wildman–Crippen MR) is 86.6 cm³/mol. The molecular weight excluding hydrogens is 326 g/mol. The average molecular weight is 354 g/mol. The van der Waals surface area contributed by atoms with E-state index in [9.17, 15) is 8.42 Å². The summed E-state index contributed by atoms with van der Waals surface area (Å²) in [4.78, 5) is 2.33. The quantitative estimate of drug-likeness (QED) is 0.165. The van der Waals surface area contributed by atoms with Gasteiger partial charge in [0, 0.05) is 28.7 Å². The highest BCUT2D eigenvalue weighted by Crippen LogP contribution is 2.24. The summed E-state index contributed by atoms with van der Waals surface area (Å²) in [7, 11) is -7.16. The molecule has 0 aromatic carbocycles. The Bertz CT molecular complexity index is 448. The third kappa shape index (κ3) is 7.57. The van der Waals surface area contributed by atoms with Gasteiger partial charge in [-0.25, -0.2) is 8.42 Å². The summed E-state index contributed by atoms with van der Waals surface area (Å²) < 4.78 is 43.4. The zero-order valence-corrected chi connectivity index (χ0v) is 15.6. The van der Waals surface area contributed by atoms with Crippen molar-refractivity contribution in [3.63, 3.8) is 0 Å². The van der Waals surface area contributed by atoms with Crippen LogP contribution in [0.1, 0.15) is 53.4 Å². The van der Waals surface area contributed by atoms with E-state index in [1.807, 2.05) is 13.8 Å². The second-order valence-electron chi connectivity index (χ2n) is 4.73. The molecule has 0 N–H and O–H groups in total. The monoisotopic (exact) mass is 353 g/mol. The van der Waals surface area contributed by atoms with E-state index in [2.05, 4.69) is 16.4 Å². The first-order valence-corrected chi connectivity index (χ1v) is 11.1. The van der Waals surface area contributed by atoms with Gasteiger partial charge in [-0.2, -0.15) is 0 Å². The average Bonchev–Trinajstić information content (AvgIpc) is 2.44. The molecule has 1 unspecified atom stereocenters. The zero-order chi connectivity index (χ0) is 17.1. The summed E-state index contributed by atoms with van der Waals surface area (Å²) >= 11 is 0. The van der Waals surface area contributed by atoms with E-state index in [1.54, 1.807) is 0 Å². The predicted octanol–water partition coefficient (Wildman–Crippen LogP) is 3.58. The Morgan fingerprint density at radius 3 is 2.18 bits per heavy atom. The molecule has 0 aromatic rings. The first-order chi connectivity index (χ1) is 10.4. The SMILES string of the molecule is CCCCCC[Si](OCC)(OCC)OC(C)S(=O)(=O)N=[N+]=[N-]. The molecule has 0 saturated heterocycles. The van der Waals surface area contributed by atoms with Gasteiger partial charge in [0.05, 0.1) is 0 Å². The molecule has 0 saturated carbocycles. The molecule has 0 rings (SSSR count). The van der Waals surface area contributed by atoms with Crippen LogP contribution >= 0.6 is 0 Å². The maximum atomic E-state index is 11.8. The fourth-order valence-electron chi connectivity index (χ4n) is 1.95. The van der Waals surface area contributed by atoms with Crippen LogP contribution in [0.5, 0.6) is 0 Å². The molecule has 0 aliphatic carbocycles. The molecule has 0 spiro atoms. The van der Waals surface area contributed by atoms with Crippen LogP contribution in [-0.2, 0) is 23.3 Å². The van der Waals surface area contributed by atoms with Crippen molar-refractivity contribution in [3.8, 4) is 0 Å². The Morgan fingerprint density at radius 2 is 1.73 bits per heavy atom. The molecule has 0 radical (unpaired) electrons. The molecule has 0 aliphatic rings. The standard InChI is InChI=1S/C12H27N3O5SSi/c1-5-8-9-10-11-22(18-6-2,19-7-3)20-12(4)21(16,17)15-14-13/h12H,5-11H2,1-4H3. The van der Waals surface area contributed by atoms with Crippen molar-refractivity contribution in [1.82, 2.24) is 0 Å². The number of hydrogen-bond acceptors (Lipinski definition) is 5. The van der Waals surface area contributed by atoms with Crippen LogP contribution < -0.4 is 0 Å². The fraction of sp³-hybridized carbons (Fsp3) is 1.00. The first kappa shape index (κ1) is 21.4. The molecule has 130 valence electrons. The van der Waals surface area contributed by atoms with Crippen molar-refractivity contribution in [2.45, 2.75) is 64.9 Å². The Morgan fingerprint density at radius 1 is 1.14 bits per heavy atom. The molecule has 0 amide bonds. The molecule has 22 heavy (non-hydrogen) atoms. The third-order valence-corrected chi connectivity index (χ3v) is 7.52.